The van der Waals surface area contributed by atoms with E-state index in [0.717, 1.165) is 28.5 Å². The molecule has 0 aliphatic rings. The molecule has 1 heterocycles. The molecule has 1 aromatic heterocycles. The molecule has 3 nitrogen and oxygen atoms in total. The lowest BCUT2D eigenvalue weighted by Gasteiger charge is -2.09. The van der Waals surface area contributed by atoms with Crippen LogP contribution < -0.4 is 0 Å². The predicted molar refractivity (Wildman–Crippen MR) is 90.9 cm³/mol. The van der Waals surface area contributed by atoms with Crippen LogP contribution in [0.4, 0.5) is 5.69 Å². The summed E-state index contributed by atoms with van der Waals surface area (Å²) < 4.78 is 1.91. The molecule has 0 fully saturated rings. The van der Waals surface area contributed by atoms with E-state index < -0.39 is 0 Å². The number of hydrogen-bond acceptors (Lipinski definition) is 2. The highest BCUT2D eigenvalue weighted by Crippen LogP contribution is 2.17. The smallest absolute Gasteiger partial charge is 0.161 e. The second kappa shape index (κ2) is 5.98. The zero-order valence-electron chi connectivity index (χ0n) is 13.1. The first-order valence-corrected chi connectivity index (χ1v) is 7.38. The molecule has 0 atom stereocenters. The quantitative estimate of drug-likeness (QED) is 0.507. The fraction of sp³-hybridized carbons (Fsp3) is 0.158. The maximum atomic E-state index is 4.83. The molecule has 0 bridgehead atoms. The van der Waals surface area contributed by atoms with Crippen LogP contribution >= 0.6 is 0 Å². The first kappa shape index (κ1) is 14.3. The molecule has 0 saturated heterocycles. The summed E-state index contributed by atoms with van der Waals surface area (Å²) in [5, 5.41) is 4.59. The second-order valence-corrected chi connectivity index (χ2v) is 5.48. The van der Waals surface area contributed by atoms with Crippen molar-refractivity contribution in [3.05, 3.63) is 83.2 Å². The molecule has 0 N–H and O–H groups in total. The number of nitrogens with zero attached hydrogens (tertiary/aromatic N) is 3. The number of benzene rings is 2. The molecule has 0 spiro atoms. The van der Waals surface area contributed by atoms with Gasteiger partial charge in [0.15, 0.2) is 5.84 Å². The van der Waals surface area contributed by atoms with Crippen LogP contribution in [-0.2, 0) is 0 Å². The molecule has 0 amide bonds. The topological polar surface area (TPSA) is 30.2 Å². The van der Waals surface area contributed by atoms with Crippen molar-refractivity contribution in [1.82, 2.24) is 9.78 Å². The Morgan fingerprint density at radius 3 is 2.18 bits per heavy atom. The van der Waals surface area contributed by atoms with Crippen molar-refractivity contribution >= 4 is 11.5 Å². The summed E-state index contributed by atoms with van der Waals surface area (Å²) in [4.78, 5) is 4.83. The summed E-state index contributed by atoms with van der Waals surface area (Å²) in [5.74, 6) is 0.843. The molecule has 2 aromatic carbocycles. The van der Waals surface area contributed by atoms with Gasteiger partial charge < -0.3 is 0 Å². The predicted octanol–water partition coefficient (Wildman–Crippen LogP) is 4.43. The first-order chi connectivity index (χ1) is 10.6. The van der Waals surface area contributed by atoms with E-state index in [9.17, 15) is 0 Å². The highest BCUT2D eigenvalue weighted by Gasteiger charge is 2.11. The van der Waals surface area contributed by atoms with Crippen LogP contribution in [0.3, 0.4) is 0 Å². The highest BCUT2D eigenvalue weighted by molar-refractivity contribution is 6.01. The fourth-order valence-electron chi connectivity index (χ4n) is 2.41. The van der Waals surface area contributed by atoms with Crippen LogP contribution in [-0.4, -0.2) is 15.6 Å². The molecule has 110 valence electrons. The van der Waals surface area contributed by atoms with E-state index in [-0.39, 0.29) is 0 Å². The molecule has 3 aromatic rings. The maximum Gasteiger partial charge on any atom is 0.161 e. The van der Waals surface area contributed by atoms with Gasteiger partial charge in [-0.25, -0.2) is 9.67 Å². The van der Waals surface area contributed by atoms with Crippen molar-refractivity contribution in [2.24, 2.45) is 4.99 Å². The van der Waals surface area contributed by atoms with E-state index >= 15 is 0 Å². The molecule has 0 aliphatic carbocycles. The maximum absolute atomic E-state index is 4.83. The Morgan fingerprint density at radius 2 is 1.59 bits per heavy atom. The molecule has 22 heavy (non-hydrogen) atoms. The van der Waals surface area contributed by atoms with Gasteiger partial charge in [-0.3, -0.25) is 0 Å². The Labute approximate surface area is 131 Å². The van der Waals surface area contributed by atoms with Crippen LogP contribution in [0.2, 0.25) is 0 Å². The lowest BCUT2D eigenvalue weighted by molar-refractivity contribution is 0.880. The van der Waals surface area contributed by atoms with Crippen molar-refractivity contribution in [3.63, 3.8) is 0 Å². The summed E-state index contributed by atoms with van der Waals surface area (Å²) in [6, 6.07) is 20.4. The van der Waals surface area contributed by atoms with Crippen molar-refractivity contribution in [3.8, 4) is 0 Å². The molecule has 3 heteroatoms. The van der Waals surface area contributed by atoms with Crippen molar-refractivity contribution < 1.29 is 0 Å². The van der Waals surface area contributed by atoms with E-state index in [2.05, 4.69) is 42.4 Å². The van der Waals surface area contributed by atoms with Gasteiger partial charge in [-0.2, -0.15) is 5.10 Å². The molecule has 0 unspecified atom stereocenters. The van der Waals surface area contributed by atoms with Crippen LogP contribution in [0, 0.1) is 20.8 Å². The normalized spacial score (nSPS) is 11.7. The minimum Gasteiger partial charge on any atom is -0.229 e. The molecule has 0 radical (unpaired) electrons. The van der Waals surface area contributed by atoms with E-state index in [1.807, 2.05) is 48.9 Å². The van der Waals surface area contributed by atoms with Gasteiger partial charge in [0, 0.05) is 11.3 Å². The average Bonchev–Trinajstić information content (AvgIpc) is 2.86. The molecule has 3 rings (SSSR count). The van der Waals surface area contributed by atoms with Crippen LogP contribution in [0.25, 0.3) is 0 Å². The molecular weight excluding hydrogens is 270 g/mol. The average molecular weight is 289 g/mol. The van der Waals surface area contributed by atoms with Gasteiger partial charge in [0.25, 0.3) is 0 Å². The monoisotopic (exact) mass is 289 g/mol. The summed E-state index contributed by atoms with van der Waals surface area (Å²) in [6.45, 7) is 6.12. The zero-order valence-corrected chi connectivity index (χ0v) is 13.1. The molecular formula is C19H19N3. The van der Waals surface area contributed by atoms with Crippen molar-refractivity contribution in [2.75, 3.05) is 0 Å². The Hall–Kier alpha value is -2.68. The fourth-order valence-corrected chi connectivity index (χ4v) is 2.41. The number of aromatic nitrogens is 2. The number of hydrogen-bond donors (Lipinski definition) is 0. The first-order valence-electron chi connectivity index (χ1n) is 7.38. The standard InChI is InChI=1S/C19H19N3/c1-14-9-11-18(12-10-14)20-19(17-7-5-4-6-8-17)22-16(3)13-15(2)21-22/h4-13H,1-3H3. The van der Waals surface area contributed by atoms with Crippen molar-refractivity contribution in [2.45, 2.75) is 20.8 Å². The third-order valence-corrected chi connectivity index (χ3v) is 3.51. The van der Waals surface area contributed by atoms with Crippen LogP contribution in [0.1, 0.15) is 22.5 Å². The lowest BCUT2D eigenvalue weighted by Crippen LogP contribution is -2.16. The van der Waals surface area contributed by atoms with Crippen LogP contribution in [0.5, 0.6) is 0 Å². The van der Waals surface area contributed by atoms with Gasteiger partial charge >= 0.3 is 0 Å². The summed E-state index contributed by atoms with van der Waals surface area (Å²) in [5.41, 5.74) is 5.27. The summed E-state index contributed by atoms with van der Waals surface area (Å²) >= 11 is 0. The number of aliphatic imine (C=N–C) groups is 1. The van der Waals surface area contributed by atoms with Crippen LogP contribution in [0.15, 0.2) is 65.7 Å². The van der Waals surface area contributed by atoms with Gasteiger partial charge in [0.2, 0.25) is 0 Å². The summed E-state index contributed by atoms with van der Waals surface area (Å²) in [6.07, 6.45) is 0. The zero-order chi connectivity index (χ0) is 15.5. The third kappa shape index (κ3) is 2.98. The highest BCUT2D eigenvalue weighted by atomic mass is 15.3. The van der Waals surface area contributed by atoms with Gasteiger partial charge in [0.1, 0.15) is 0 Å². The third-order valence-electron chi connectivity index (χ3n) is 3.51. The Bertz CT molecular complexity index is 796. The van der Waals surface area contributed by atoms with E-state index in [1.54, 1.807) is 0 Å². The van der Waals surface area contributed by atoms with Gasteiger partial charge in [0.05, 0.1) is 11.4 Å². The van der Waals surface area contributed by atoms with E-state index in [0.29, 0.717) is 0 Å². The number of aryl methyl sites for hydroxylation is 3. The minimum absolute atomic E-state index is 0.843. The number of rotatable bonds is 2. The lowest BCUT2D eigenvalue weighted by atomic mass is 10.2. The Morgan fingerprint density at radius 1 is 0.909 bits per heavy atom. The minimum atomic E-state index is 0.843. The largest absolute Gasteiger partial charge is 0.229 e. The van der Waals surface area contributed by atoms with Crippen molar-refractivity contribution in [1.29, 1.82) is 0 Å². The van der Waals surface area contributed by atoms with Gasteiger partial charge in [-0.05, 0) is 39.0 Å². The Kier molecular flexibility index (Phi) is 3.88. The molecule has 0 saturated carbocycles. The van der Waals surface area contributed by atoms with Gasteiger partial charge in [-0.15, -0.1) is 0 Å². The Balaban J connectivity index is 2.15. The van der Waals surface area contributed by atoms with E-state index in [4.69, 9.17) is 4.99 Å². The van der Waals surface area contributed by atoms with E-state index in [1.165, 1.54) is 5.56 Å². The second-order valence-electron chi connectivity index (χ2n) is 5.48. The van der Waals surface area contributed by atoms with Gasteiger partial charge in [-0.1, -0.05) is 48.0 Å². The SMILES string of the molecule is Cc1ccc(N=C(c2ccccc2)n2nc(C)cc2C)cc1. The summed E-state index contributed by atoms with van der Waals surface area (Å²) in [7, 11) is 0. The molecule has 0 aliphatic heterocycles.